The minimum absolute atomic E-state index is 0.0622. The van der Waals surface area contributed by atoms with E-state index in [1.807, 2.05) is 0 Å². The first-order valence-electron chi connectivity index (χ1n) is 4.89. The van der Waals surface area contributed by atoms with Crippen molar-refractivity contribution in [2.75, 3.05) is 0 Å². The third-order valence-corrected chi connectivity index (χ3v) is 2.46. The number of rotatable bonds is 3. The molecule has 1 aliphatic carbocycles. The molecule has 0 radical (unpaired) electrons. The predicted molar refractivity (Wildman–Crippen MR) is 54.1 cm³/mol. The Morgan fingerprint density at radius 3 is 2.85 bits per heavy atom. The van der Waals surface area contributed by atoms with Gasteiger partial charge in [-0.25, -0.2) is 0 Å². The van der Waals surface area contributed by atoms with Gasteiger partial charge < -0.3 is 0 Å². The van der Waals surface area contributed by atoms with E-state index in [1.54, 1.807) is 6.08 Å². The molecule has 1 fully saturated rings. The Hall–Kier alpha value is -1.03. The van der Waals surface area contributed by atoms with Gasteiger partial charge in [0.2, 0.25) is 0 Å². The summed E-state index contributed by atoms with van der Waals surface area (Å²) in [4.78, 5) is 10.5. The quantitative estimate of drug-likeness (QED) is 0.477. The average molecular weight is 176 g/mol. The zero-order chi connectivity index (χ0) is 9.68. The highest BCUT2D eigenvalue weighted by Gasteiger charge is 2.33. The highest BCUT2D eigenvalue weighted by Crippen LogP contribution is 2.43. The third kappa shape index (κ3) is 3.94. The van der Waals surface area contributed by atoms with Crippen molar-refractivity contribution in [1.29, 1.82) is 0 Å². The molecule has 1 nitrogen and oxygen atoms in total. The van der Waals surface area contributed by atoms with Crippen LogP contribution in [-0.2, 0) is 4.79 Å². The minimum Gasteiger partial charge on any atom is -0.295 e. The molecule has 0 aliphatic heterocycles. The maximum absolute atomic E-state index is 10.5. The zero-order valence-corrected chi connectivity index (χ0v) is 8.34. The van der Waals surface area contributed by atoms with Gasteiger partial charge in [-0.1, -0.05) is 25.2 Å². The first-order valence-corrected chi connectivity index (χ1v) is 4.89. The van der Waals surface area contributed by atoms with Crippen LogP contribution in [0.1, 0.15) is 33.1 Å². The number of hydrogen-bond acceptors (Lipinski definition) is 1. The summed E-state index contributed by atoms with van der Waals surface area (Å²) >= 11 is 0. The standard InChI is InChI=1S/C12H16O/c1-3-11-9-12(11)8-6-4-5-7-10(2)13/h5,7,11-12H,3,8-9H2,1-2H3/b7-5+. The van der Waals surface area contributed by atoms with E-state index >= 15 is 0 Å². The van der Waals surface area contributed by atoms with Gasteiger partial charge in [0.1, 0.15) is 0 Å². The lowest BCUT2D eigenvalue weighted by Crippen LogP contribution is -1.79. The van der Waals surface area contributed by atoms with Gasteiger partial charge in [0, 0.05) is 6.42 Å². The maximum Gasteiger partial charge on any atom is 0.153 e. The summed E-state index contributed by atoms with van der Waals surface area (Å²) in [6.07, 6.45) is 6.79. The van der Waals surface area contributed by atoms with E-state index in [-0.39, 0.29) is 5.78 Å². The van der Waals surface area contributed by atoms with Crippen molar-refractivity contribution in [1.82, 2.24) is 0 Å². The molecule has 1 aliphatic rings. The summed E-state index contributed by atoms with van der Waals surface area (Å²) < 4.78 is 0. The van der Waals surface area contributed by atoms with Crippen LogP contribution >= 0.6 is 0 Å². The Morgan fingerprint density at radius 1 is 1.54 bits per heavy atom. The SMILES string of the molecule is CCC1CC1CC#C/C=C/C(C)=O. The second kappa shape index (κ2) is 4.87. The summed E-state index contributed by atoms with van der Waals surface area (Å²) in [5.74, 6) is 7.78. The van der Waals surface area contributed by atoms with Crippen LogP contribution < -0.4 is 0 Å². The van der Waals surface area contributed by atoms with Crippen LogP contribution in [0.5, 0.6) is 0 Å². The molecule has 70 valence electrons. The number of hydrogen-bond donors (Lipinski definition) is 0. The number of ketones is 1. The lowest BCUT2D eigenvalue weighted by atomic mass is 10.2. The summed E-state index contributed by atoms with van der Waals surface area (Å²) in [5, 5.41) is 0. The maximum atomic E-state index is 10.5. The molecule has 0 amide bonds. The van der Waals surface area contributed by atoms with E-state index in [1.165, 1.54) is 25.8 Å². The van der Waals surface area contributed by atoms with E-state index in [2.05, 4.69) is 18.8 Å². The Morgan fingerprint density at radius 2 is 2.31 bits per heavy atom. The molecule has 1 saturated carbocycles. The van der Waals surface area contributed by atoms with Gasteiger partial charge in [-0.15, -0.1) is 0 Å². The third-order valence-electron chi connectivity index (χ3n) is 2.46. The molecule has 0 aromatic rings. The van der Waals surface area contributed by atoms with Crippen LogP contribution in [0.25, 0.3) is 0 Å². The fourth-order valence-electron chi connectivity index (χ4n) is 1.47. The second-order valence-electron chi connectivity index (χ2n) is 3.63. The molecule has 1 heteroatoms. The number of allylic oxidation sites excluding steroid dienone is 2. The predicted octanol–water partition coefficient (Wildman–Crippen LogP) is 2.57. The van der Waals surface area contributed by atoms with Crippen molar-refractivity contribution < 1.29 is 4.79 Å². The fourth-order valence-corrected chi connectivity index (χ4v) is 1.47. The molecule has 0 aromatic carbocycles. The molecule has 0 N–H and O–H groups in total. The molecule has 0 heterocycles. The largest absolute Gasteiger partial charge is 0.295 e. The average Bonchev–Trinajstić information content (AvgIpc) is 2.82. The first kappa shape index (κ1) is 10.1. The molecule has 1 rings (SSSR count). The van der Waals surface area contributed by atoms with E-state index < -0.39 is 0 Å². The fraction of sp³-hybridized carbons (Fsp3) is 0.583. The molecule has 0 saturated heterocycles. The number of carbonyl (C=O) groups excluding carboxylic acids is 1. The second-order valence-corrected chi connectivity index (χ2v) is 3.63. The van der Waals surface area contributed by atoms with E-state index in [9.17, 15) is 4.79 Å². The Bertz CT molecular complexity index is 265. The summed E-state index contributed by atoms with van der Waals surface area (Å²) in [6, 6.07) is 0. The summed E-state index contributed by atoms with van der Waals surface area (Å²) in [5.41, 5.74) is 0. The Kier molecular flexibility index (Phi) is 3.76. The van der Waals surface area contributed by atoms with Gasteiger partial charge in [0.05, 0.1) is 0 Å². The molecule has 0 aromatic heterocycles. The molecule has 0 spiro atoms. The van der Waals surface area contributed by atoms with Crippen molar-refractivity contribution in [2.45, 2.75) is 33.1 Å². The van der Waals surface area contributed by atoms with Crippen LogP contribution in [0.2, 0.25) is 0 Å². The lowest BCUT2D eigenvalue weighted by molar-refractivity contribution is -0.112. The van der Waals surface area contributed by atoms with E-state index in [0.717, 1.165) is 18.3 Å². The van der Waals surface area contributed by atoms with Crippen molar-refractivity contribution in [3.05, 3.63) is 12.2 Å². The van der Waals surface area contributed by atoms with Crippen LogP contribution in [0.3, 0.4) is 0 Å². The number of carbonyl (C=O) groups is 1. The smallest absolute Gasteiger partial charge is 0.153 e. The minimum atomic E-state index is 0.0622. The Labute approximate surface area is 80.2 Å². The summed E-state index contributed by atoms with van der Waals surface area (Å²) in [6.45, 7) is 3.76. The van der Waals surface area contributed by atoms with Crippen LogP contribution in [0, 0.1) is 23.7 Å². The van der Waals surface area contributed by atoms with Crippen molar-refractivity contribution in [2.24, 2.45) is 11.8 Å². The Balaban J connectivity index is 2.15. The van der Waals surface area contributed by atoms with Gasteiger partial charge in [-0.05, 0) is 37.3 Å². The van der Waals surface area contributed by atoms with Gasteiger partial charge in [0.25, 0.3) is 0 Å². The normalized spacial score (nSPS) is 25.4. The lowest BCUT2D eigenvalue weighted by Gasteiger charge is -1.86. The van der Waals surface area contributed by atoms with Crippen molar-refractivity contribution in [3.63, 3.8) is 0 Å². The molecule has 0 bridgehead atoms. The molecular formula is C12H16O. The van der Waals surface area contributed by atoms with Gasteiger partial charge >= 0.3 is 0 Å². The summed E-state index contributed by atoms with van der Waals surface area (Å²) in [7, 11) is 0. The highest BCUT2D eigenvalue weighted by molar-refractivity contribution is 5.87. The van der Waals surface area contributed by atoms with E-state index in [4.69, 9.17) is 0 Å². The molecule has 2 atom stereocenters. The van der Waals surface area contributed by atoms with Crippen LogP contribution in [0.4, 0.5) is 0 Å². The topological polar surface area (TPSA) is 17.1 Å². The van der Waals surface area contributed by atoms with Crippen LogP contribution in [-0.4, -0.2) is 5.78 Å². The zero-order valence-electron chi connectivity index (χ0n) is 8.34. The van der Waals surface area contributed by atoms with Crippen LogP contribution in [0.15, 0.2) is 12.2 Å². The van der Waals surface area contributed by atoms with Gasteiger partial charge in [-0.3, -0.25) is 4.79 Å². The molecule has 13 heavy (non-hydrogen) atoms. The van der Waals surface area contributed by atoms with Crippen molar-refractivity contribution in [3.8, 4) is 11.8 Å². The van der Waals surface area contributed by atoms with Gasteiger partial charge in [0.15, 0.2) is 5.78 Å². The molecular weight excluding hydrogens is 160 g/mol. The first-order chi connectivity index (χ1) is 6.24. The van der Waals surface area contributed by atoms with E-state index in [0.29, 0.717) is 0 Å². The van der Waals surface area contributed by atoms with Gasteiger partial charge in [-0.2, -0.15) is 0 Å². The molecule has 2 unspecified atom stereocenters. The monoisotopic (exact) mass is 176 g/mol. The highest BCUT2D eigenvalue weighted by atomic mass is 16.1. The van der Waals surface area contributed by atoms with Crippen molar-refractivity contribution >= 4 is 5.78 Å².